The van der Waals surface area contributed by atoms with Crippen LogP contribution in [0.15, 0.2) is 60.8 Å². The molecule has 0 saturated carbocycles. The Morgan fingerprint density at radius 3 is 2.45 bits per heavy atom. The van der Waals surface area contributed by atoms with Crippen molar-refractivity contribution in [3.63, 3.8) is 0 Å². The molecule has 0 unspecified atom stereocenters. The number of nitrogens with zero attached hydrogens (tertiary/aromatic N) is 1. The maximum Gasteiger partial charge on any atom is 0.416 e. The third kappa shape index (κ3) is 5.73. The standard InChI is InChI=1S/C21H15ClF3N3O3/c1-12-4-2-7-16(22)18(12)19(29)28-20(30)27-14-8-9-17(26-11-14)31-15-6-3-5-13(10-15)21(23,24)25/h2-11H,1H3,(H2,27,28,29,30). The van der Waals surface area contributed by atoms with Crippen LogP contribution in [0.2, 0.25) is 5.02 Å². The zero-order valence-electron chi connectivity index (χ0n) is 16.0. The first-order valence-electron chi connectivity index (χ1n) is 8.82. The second kappa shape index (κ2) is 9.05. The third-order valence-corrected chi connectivity index (χ3v) is 4.37. The van der Waals surface area contributed by atoms with Crippen LogP contribution in [0.3, 0.4) is 0 Å². The molecule has 31 heavy (non-hydrogen) atoms. The van der Waals surface area contributed by atoms with Gasteiger partial charge < -0.3 is 10.1 Å². The number of imide groups is 1. The maximum absolute atomic E-state index is 12.8. The number of pyridine rings is 1. The van der Waals surface area contributed by atoms with Crippen LogP contribution in [-0.2, 0) is 6.18 Å². The molecule has 0 aliphatic rings. The first-order valence-corrected chi connectivity index (χ1v) is 9.20. The van der Waals surface area contributed by atoms with Gasteiger partial charge in [0.1, 0.15) is 5.75 Å². The third-order valence-electron chi connectivity index (χ3n) is 4.05. The minimum absolute atomic E-state index is 0.0213. The van der Waals surface area contributed by atoms with Crippen molar-refractivity contribution < 1.29 is 27.5 Å². The number of aromatic nitrogens is 1. The number of rotatable bonds is 4. The van der Waals surface area contributed by atoms with Gasteiger partial charge in [0.05, 0.1) is 28.0 Å². The van der Waals surface area contributed by atoms with Gasteiger partial charge in [-0.05, 0) is 42.8 Å². The fourth-order valence-corrected chi connectivity index (χ4v) is 2.93. The number of carbonyl (C=O) groups is 2. The second-order valence-corrected chi connectivity index (χ2v) is 6.76. The Balaban J connectivity index is 1.62. The number of benzene rings is 2. The van der Waals surface area contributed by atoms with Gasteiger partial charge in [0.2, 0.25) is 5.88 Å². The van der Waals surface area contributed by atoms with Crippen LogP contribution in [0.25, 0.3) is 0 Å². The molecule has 2 N–H and O–H groups in total. The summed E-state index contributed by atoms with van der Waals surface area (Å²) < 4.78 is 43.6. The topological polar surface area (TPSA) is 80.3 Å². The van der Waals surface area contributed by atoms with Gasteiger partial charge in [-0.15, -0.1) is 0 Å². The van der Waals surface area contributed by atoms with Gasteiger partial charge in [0.15, 0.2) is 0 Å². The van der Waals surface area contributed by atoms with Crippen molar-refractivity contribution in [2.24, 2.45) is 0 Å². The van der Waals surface area contributed by atoms with Crippen molar-refractivity contribution in [1.82, 2.24) is 10.3 Å². The summed E-state index contributed by atoms with van der Waals surface area (Å²) >= 11 is 6.01. The fraction of sp³-hybridized carbons (Fsp3) is 0.0952. The molecule has 0 bridgehead atoms. The summed E-state index contributed by atoms with van der Waals surface area (Å²) in [4.78, 5) is 28.3. The van der Waals surface area contributed by atoms with Gasteiger partial charge in [0.25, 0.3) is 5.91 Å². The number of urea groups is 1. The number of nitrogens with one attached hydrogen (secondary N) is 2. The Morgan fingerprint density at radius 1 is 1.06 bits per heavy atom. The van der Waals surface area contributed by atoms with Crippen LogP contribution in [0, 0.1) is 6.92 Å². The number of ether oxygens (including phenoxy) is 1. The molecule has 1 heterocycles. The number of anilines is 1. The smallest absolute Gasteiger partial charge is 0.416 e. The van der Waals surface area contributed by atoms with Crippen molar-refractivity contribution >= 4 is 29.2 Å². The normalized spacial score (nSPS) is 11.0. The summed E-state index contributed by atoms with van der Waals surface area (Å²) in [6, 6.07) is 11.2. The molecule has 2 aromatic carbocycles. The number of hydrogen-bond donors (Lipinski definition) is 2. The van der Waals surface area contributed by atoms with Gasteiger partial charge >= 0.3 is 12.2 Å². The Bertz CT molecular complexity index is 1100. The lowest BCUT2D eigenvalue weighted by Crippen LogP contribution is -2.34. The summed E-state index contributed by atoms with van der Waals surface area (Å²) in [7, 11) is 0. The van der Waals surface area contributed by atoms with E-state index in [1.165, 1.54) is 36.5 Å². The number of aryl methyl sites for hydroxylation is 1. The van der Waals surface area contributed by atoms with Crippen LogP contribution >= 0.6 is 11.6 Å². The van der Waals surface area contributed by atoms with Crippen molar-refractivity contribution in [3.8, 4) is 11.6 Å². The lowest BCUT2D eigenvalue weighted by atomic mass is 10.1. The minimum atomic E-state index is -4.49. The Labute approximate surface area is 180 Å². The molecule has 1 aromatic heterocycles. The molecule has 0 spiro atoms. The lowest BCUT2D eigenvalue weighted by Gasteiger charge is -2.11. The molecule has 3 aromatic rings. The number of hydrogen-bond acceptors (Lipinski definition) is 4. The molecule has 6 nitrogen and oxygen atoms in total. The van der Waals surface area contributed by atoms with E-state index < -0.39 is 23.7 Å². The van der Waals surface area contributed by atoms with Crippen molar-refractivity contribution in [2.45, 2.75) is 13.1 Å². The van der Waals surface area contributed by atoms with Gasteiger partial charge in [-0.3, -0.25) is 10.1 Å². The molecular formula is C21H15ClF3N3O3. The Kier molecular flexibility index (Phi) is 6.45. The molecule has 3 amide bonds. The summed E-state index contributed by atoms with van der Waals surface area (Å²) in [5, 5.41) is 4.79. The Hall–Kier alpha value is -3.59. The highest BCUT2D eigenvalue weighted by atomic mass is 35.5. The quantitative estimate of drug-likeness (QED) is 0.526. The van der Waals surface area contributed by atoms with Crippen LogP contribution in [0.1, 0.15) is 21.5 Å². The molecule has 10 heteroatoms. The monoisotopic (exact) mass is 449 g/mol. The zero-order chi connectivity index (χ0) is 22.6. The molecule has 0 aliphatic heterocycles. The second-order valence-electron chi connectivity index (χ2n) is 6.35. The molecule has 0 fully saturated rings. The molecule has 0 radical (unpaired) electrons. The molecule has 0 atom stereocenters. The van der Waals surface area contributed by atoms with Gasteiger partial charge in [-0.2, -0.15) is 13.2 Å². The molecule has 160 valence electrons. The lowest BCUT2D eigenvalue weighted by molar-refractivity contribution is -0.137. The molecular weight excluding hydrogens is 435 g/mol. The van der Waals surface area contributed by atoms with Crippen molar-refractivity contribution in [3.05, 3.63) is 82.5 Å². The molecule has 0 saturated heterocycles. The number of alkyl halides is 3. The highest BCUT2D eigenvalue weighted by molar-refractivity contribution is 6.34. The van der Waals surface area contributed by atoms with Crippen LogP contribution < -0.4 is 15.4 Å². The van der Waals surface area contributed by atoms with E-state index in [4.69, 9.17) is 16.3 Å². The minimum Gasteiger partial charge on any atom is -0.439 e. The predicted octanol–water partition coefficient (Wildman–Crippen LogP) is 5.82. The zero-order valence-corrected chi connectivity index (χ0v) is 16.7. The SMILES string of the molecule is Cc1cccc(Cl)c1C(=O)NC(=O)Nc1ccc(Oc2cccc(C(F)(F)F)c2)nc1. The first-order chi connectivity index (χ1) is 14.6. The summed E-state index contributed by atoms with van der Waals surface area (Å²) in [6.07, 6.45) is -3.26. The summed E-state index contributed by atoms with van der Waals surface area (Å²) in [5.74, 6) is -0.687. The Morgan fingerprint density at radius 2 is 1.81 bits per heavy atom. The van der Waals surface area contributed by atoms with Crippen molar-refractivity contribution in [2.75, 3.05) is 5.32 Å². The summed E-state index contributed by atoms with van der Waals surface area (Å²) in [6.45, 7) is 1.69. The molecule has 0 aliphatic carbocycles. The average Bonchev–Trinajstić information content (AvgIpc) is 2.69. The van der Waals surface area contributed by atoms with E-state index in [1.807, 2.05) is 0 Å². The van der Waals surface area contributed by atoms with Crippen LogP contribution in [-0.4, -0.2) is 16.9 Å². The van der Waals surface area contributed by atoms with E-state index in [1.54, 1.807) is 19.1 Å². The van der Waals surface area contributed by atoms with Gasteiger partial charge in [0, 0.05) is 6.07 Å². The van der Waals surface area contributed by atoms with Gasteiger partial charge in [-0.1, -0.05) is 29.8 Å². The maximum atomic E-state index is 12.8. The van der Waals surface area contributed by atoms with Crippen LogP contribution in [0.4, 0.5) is 23.7 Å². The van der Waals surface area contributed by atoms with E-state index in [-0.39, 0.29) is 27.9 Å². The average molecular weight is 450 g/mol. The van der Waals surface area contributed by atoms with Crippen molar-refractivity contribution in [1.29, 1.82) is 0 Å². The van der Waals surface area contributed by atoms with Crippen LogP contribution in [0.5, 0.6) is 11.6 Å². The number of carbonyl (C=O) groups excluding carboxylic acids is 2. The summed E-state index contributed by atoms with van der Waals surface area (Å²) in [5.41, 5.74) is 0.175. The van der Waals surface area contributed by atoms with E-state index in [0.29, 0.717) is 5.56 Å². The fourth-order valence-electron chi connectivity index (χ4n) is 2.62. The highest BCUT2D eigenvalue weighted by Gasteiger charge is 2.30. The largest absolute Gasteiger partial charge is 0.439 e. The highest BCUT2D eigenvalue weighted by Crippen LogP contribution is 2.32. The van der Waals surface area contributed by atoms with E-state index in [9.17, 15) is 22.8 Å². The first kappa shape index (κ1) is 22.1. The number of halogens is 4. The van der Waals surface area contributed by atoms with E-state index in [2.05, 4.69) is 15.6 Å². The van der Waals surface area contributed by atoms with E-state index in [0.717, 1.165) is 12.1 Å². The molecule has 3 rings (SSSR count). The van der Waals surface area contributed by atoms with E-state index >= 15 is 0 Å². The predicted molar refractivity (Wildman–Crippen MR) is 108 cm³/mol. The number of amides is 3. The van der Waals surface area contributed by atoms with Gasteiger partial charge in [-0.25, -0.2) is 9.78 Å².